The van der Waals surface area contributed by atoms with Gasteiger partial charge in [-0.3, -0.25) is 4.79 Å². The number of hydrogen-bond donors (Lipinski definition) is 1. The summed E-state index contributed by atoms with van der Waals surface area (Å²) in [5.41, 5.74) is 7.58. The molecule has 0 aliphatic rings. The van der Waals surface area contributed by atoms with E-state index >= 15 is 0 Å². The second-order valence-electron chi connectivity index (χ2n) is 4.06. The molecule has 0 aliphatic carbocycles. The highest BCUT2D eigenvalue weighted by atomic mass is 32.2. The number of rotatable bonds is 5. The van der Waals surface area contributed by atoms with E-state index in [1.807, 2.05) is 66.7 Å². The third-order valence-electron chi connectivity index (χ3n) is 2.58. The minimum absolute atomic E-state index is 0.384. The molecule has 2 aromatic carbocycles. The highest BCUT2D eigenvalue weighted by molar-refractivity contribution is 8.03. The van der Waals surface area contributed by atoms with E-state index in [9.17, 15) is 4.79 Å². The Morgan fingerprint density at radius 2 is 1.58 bits per heavy atom. The third-order valence-corrected chi connectivity index (χ3v) is 3.69. The number of benzene rings is 2. The van der Waals surface area contributed by atoms with E-state index < -0.39 is 0 Å². The molecule has 96 valence electrons. The Kier molecular flexibility index (Phi) is 4.81. The van der Waals surface area contributed by atoms with Crippen LogP contribution in [-0.4, -0.2) is 5.91 Å². The lowest BCUT2D eigenvalue weighted by molar-refractivity contribution is -0.113. The van der Waals surface area contributed by atoms with E-state index in [1.165, 1.54) is 17.3 Å². The van der Waals surface area contributed by atoms with Crippen molar-refractivity contribution in [2.45, 2.75) is 5.75 Å². The molecular weight excluding hydrogens is 254 g/mol. The summed E-state index contributed by atoms with van der Waals surface area (Å²) in [6, 6.07) is 19.7. The van der Waals surface area contributed by atoms with Gasteiger partial charge in [0, 0.05) is 5.75 Å². The van der Waals surface area contributed by atoms with Gasteiger partial charge in [0.2, 0.25) is 0 Å². The number of primary amides is 1. The zero-order chi connectivity index (χ0) is 13.5. The van der Waals surface area contributed by atoms with Gasteiger partial charge in [0.25, 0.3) is 5.91 Å². The fourth-order valence-electron chi connectivity index (χ4n) is 1.62. The summed E-state index contributed by atoms with van der Waals surface area (Å²) in [5.74, 6) is 0.354. The summed E-state index contributed by atoms with van der Waals surface area (Å²) in [6.07, 6.45) is 1.83. The number of thioether (sulfide) groups is 1. The van der Waals surface area contributed by atoms with Crippen LogP contribution in [0.25, 0.3) is 6.08 Å². The van der Waals surface area contributed by atoms with Crippen LogP contribution in [0.5, 0.6) is 0 Å². The van der Waals surface area contributed by atoms with Crippen LogP contribution in [0.4, 0.5) is 0 Å². The zero-order valence-corrected chi connectivity index (χ0v) is 11.3. The fourth-order valence-corrected chi connectivity index (χ4v) is 2.50. The number of amides is 1. The first kappa shape index (κ1) is 13.4. The van der Waals surface area contributed by atoms with Crippen molar-refractivity contribution in [3.05, 3.63) is 76.7 Å². The normalized spacial score (nSPS) is 11.3. The lowest BCUT2D eigenvalue weighted by atomic mass is 10.2. The largest absolute Gasteiger partial charge is 0.365 e. The van der Waals surface area contributed by atoms with E-state index in [2.05, 4.69) is 0 Å². The molecule has 2 aromatic rings. The molecule has 2 N–H and O–H groups in total. The van der Waals surface area contributed by atoms with Gasteiger partial charge in [-0.2, -0.15) is 0 Å². The number of carbonyl (C=O) groups is 1. The molecule has 0 aliphatic heterocycles. The van der Waals surface area contributed by atoms with Gasteiger partial charge in [0.05, 0.1) is 4.91 Å². The Balaban J connectivity index is 2.09. The first-order valence-electron chi connectivity index (χ1n) is 5.99. The molecule has 0 heterocycles. The minimum atomic E-state index is -0.384. The number of hydrogen-bond acceptors (Lipinski definition) is 2. The van der Waals surface area contributed by atoms with Crippen molar-refractivity contribution in [3.63, 3.8) is 0 Å². The summed E-state index contributed by atoms with van der Waals surface area (Å²) >= 11 is 1.46. The van der Waals surface area contributed by atoms with Gasteiger partial charge < -0.3 is 5.73 Å². The summed E-state index contributed by atoms with van der Waals surface area (Å²) in [6.45, 7) is 0. The molecule has 0 radical (unpaired) electrons. The summed E-state index contributed by atoms with van der Waals surface area (Å²) in [7, 11) is 0. The van der Waals surface area contributed by atoms with Crippen LogP contribution in [0.15, 0.2) is 65.6 Å². The molecule has 0 saturated carbocycles. The van der Waals surface area contributed by atoms with Crippen molar-refractivity contribution in [1.82, 2.24) is 0 Å². The van der Waals surface area contributed by atoms with Crippen molar-refractivity contribution in [1.29, 1.82) is 0 Å². The predicted molar refractivity (Wildman–Crippen MR) is 81.4 cm³/mol. The van der Waals surface area contributed by atoms with Gasteiger partial charge in [-0.05, 0) is 17.2 Å². The third kappa shape index (κ3) is 4.30. The van der Waals surface area contributed by atoms with E-state index in [4.69, 9.17) is 5.73 Å². The van der Waals surface area contributed by atoms with Crippen LogP contribution in [0.1, 0.15) is 11.1 Å². The SMILES string of the molecule is NC(=O)/C(=C/c1ccccc1)SCc1ccccc1. The summed E-state index contributed by atoms with van der Waals surface area (Å²) in [5, 5.41) is 0. The second kappa shape index (κ2) is 6.81. The monoisotopic (exact) mass is 269 g/mol. The highest BCUT2D eigenvalue weighted by Crippen LogP contribution is 2.23. The van der Waals surface area contributed by atoms with Crippen molar-refractivity contribution in [2.75, 3.05) is 0 Å². The second-order valence-corrected chi connectivity index (χ2v) is 5.07. The van der Waals surface area contributed by atoms with Crippen molar-refractivity contribution in [2.24, 2.45) is 5.73 Å². The quantitative estimate of drug-likeness (QED) is 0.845. The van der Waals surface area contributed by atoms with Gasteiger partial charge in [0.1, 0.15) is 0 Å². The lowest BCUT2D eigenvalue weighted by Gasteiger charge is -2.04. The van der Waals surface area contributed by atoms with Crippen molar-refractivity contribution in [3.8, 4) is 0 Å². The van der Waals surface area contributed by atoms with Crippen LogP contribution in [-0.2, 0) is 10.5 Å². The smallest absolute Gasteiger partial charge is 0.255 e. The Hall–Kier alpha value is -2.00. The summed E-state index contributed by atoms with van der Waals surface area (Å²) in [4.78, 5) is 12.0. The van der Waals surface area contributed by atoms with Gasteiger partial charge in [-0.25, -0.2) is 0 Å². The molecule has 0 saturated heterocycles. The zero-order valence-electron chi connectivity index (χ0n) is 10.5. The molecule has 0 atom stereocenters. The first-order valence-corrected chi connectivity index (χ1v) is 6.97. The Labute approximate surface area is 117 Å². The molecule has 1 amide bonds. The minimum Gasteiger partial charge on any atom is -0.365 e. The van der Waals surface area contributed by atoms with E-state index in [-0.39, 0.29) is 5.91 Å². The first-order chi connectivity index (χ1) is 9.25. The average molecular weight is 269 g/mol. The molecule has 0 unspecified atom stereocenters. The van der Waals surface area contributed by atoms with E-state index in [1.54, 1.807) is 0 Å². The van der Waals surface area contributed by atoms with Crippen LogP contribution in [0.2, 0.25) is 0 Å². The number of nitrogens with two attached hydrogens (primary N) is 1. The van der Waals surface area contributed by atoms with Crippen LogP contribution in [0.3, 0.4) is 0 Å². The fraction of sp³-hybridized carbons (Fsp3) is 0.0625. The van der Waals surface area contributed by atoms with E-state index in [0.29, 0.717) is 4.91 Å². The maximum Gasteiger partial charge on any atom is 0.255 e. The molecule has 0 fully saturated rings. The molecule has 19 heavy (non-hydrogen) atoms. The van der Waals surface area contributed by atoms with Gasteiger partial charge in [-0.15, -0.1) is 11.8 Å². The van der Waals surface area contributed by atoms with Gasteiger partial charge >= 0.3 is 0 Å². The highest BCUT2D eigenvalue weighted by Gasteiger charge is 2.06. The predicted octanol–water partition coefficient (Wildman–Crippen LogP) is 3.45. The topological polar surface area (TPSA) is 43.1 Å². The van der Waals surface area contributed by atoms with E-state index in [0.717, 1.165) is 11.3 Å². The van der Waals surface area contributed by atoms with Crippen molar-refractivity contribution >= 4 is 23.7 Å². The van der Waals surface area contributed by atoms with Crippen molar-refractivity contribution < 1.29 is 4.79 Å². The Morgan fingerprint density at radius 1 is 1.00 bits per heavy atom. The maximum absolute atomic E-state index is 11.5. The van der Waals surface area contributed by atoms with Crippen LogP contribution < -0.4 is 5.73 Å². The molecule has 3 heteroatoms. The molecule has 0 bridgehead atoms. The summed E-state index contributed by atoms with van der Waals surface area (Å²) < 4.78 is 0. The van der Waals surface area contributed by atoms with Crippen LogP contribution >= 0.6 is 11.8 Å². The average Bonchev–Trinajstić information content (AvgIpc) is 2.45. The number of carbonyl (C=O) groups excluding carboxylic acids is 1. The Bertz CT molecular complexity index is 564. The lowest BCUT2D eigenvalue weighted by Crippen LogP contribution is -2.11. The molecule has 2 rings (SSSR count). The maximum atomic E-state index is 11.5. The van der Waals surface area contributed by atoms with Crippen LogP contribution in [0, 0.1) is 0 Å². The van der Waals surface area contributed by atoms with Gasteiger partial charge in [0.15, 0.2) is 0 Å². The molecule has 0 aromatic heterocycles. The Morgan fingerprint density at radius 3 is 2.16 bits per heavy atom. The standard InChI is InChI=1S/C16H15NOS/c17-16(18)15(11-13-7-3-1-4-8-13)19-12-14-9-5-2-6-10-14/h1-11H,12H2,(H2,17,18)/b15-11-. The van der Waals surface area contributed by atoms with Gasteiger partial charge in [-0.1, -0.05) is 60.7 Å². The molecule has 0 spiro atoms. The molecular formula is C16H15NOS. The molecule has 2 nitrogen and oxygen atoms in total.